The highest BCUT2D eigenvalue weighted by atomic mass is 16.2. The molecule has 1 aromatic carbocycles. The van der Waals surface area contributed by atoms with Crippen LogP contribution in [0.4, 0.5) is 5.69 Å². The fraction of sp³-hybridized carbons (Fsp3) is 0.500. The van der Waals surface area contributed by atoms with E-state index in [9.17, 15) is 9.59 Å². The van der Waals surface area contributed by atoms with E-state index in [0.717, 1.165) is 55.7 Å². The van der Waals surface area contributed by atoms with Crippen LogP contribution in [0.1, 0.15) is 42.1 Å². The van der Waals surface area contributed by atoms with Gasteiger partial charge >= 0.3 is 0 Å². The Balaban J connectivity index is 1.82. The van der Waals surface area contributed by atoms with Crippen molar-refractivity contribution in [3.05, 3.63) is 29.3 Å². The number of carbonyl (C=O) groups is 2. The first kappa shape index (κ1) is 13.2. The lowest BCUT2D eigenvalue weighted by Crippen LogP contribution is -2.35. The molecule has 0 spiro atoms. The number of nitrogens with zero attached hydrogens (tertiary/aromatic N) is 2. The van der Waals surface area contributed by atoms with Crippen LogP contribution in [0.25, 0.3) is 0 Å². The van der Waals surface area contributed by atoms with Crippen molar-refractivity contribution >= 4 is 17.5 Å². The molecule has 0 aliphatic carbocycles. The molecule has 4 nitrogen and oxygen atoms in total. The van der Waals surface area contributed by atoms with Gasteiger partial charge in [-0.15, -0.1) is 0 Å². The third-order valence-electron chi connectivity index (χ3n) is 4.25. The molecule has 3 rings (SSSR count). The van der Waals surface area contributed by atoms with E-state index in [1.165, 1.54) is 6.42 Å². The summed E-state index contributed by atoms with van der Waals surface area (Å²) in [5.41, 5.74) is 2.84. The SMILES string of the molecule is CC(=O)N1CCc2cc(C(=O)N3CCCCC3)ccc21. The summed E-state index contributed by atoms with van der Waals surface area (Å²) in [5.74, 6) is 0.202. The Kier molecular flexibility index (Phi) is 3.47. The summed E-state index contributed by atoms with van der Waals surface area (Å²) in [7, 11) is 0. The lowest BCUT2D eigenvalue weighted by atomic mass is 10.1. The van der Waals surface area contributed by atoms with E-state index in [1.807, 2.05) is 23.1 Å². The van der Waals surface area contributed by atoms with Gasteiger partial charge in [-0.05, 0) is 49.4 Å². The van der Waals surface area contributed by atoms with Gasteiger partial charge in [0.15, 0.2) is 0 Å². The Hall–Kier alpha value is -1.84. The van der Waals surface area contributed by atoms with Crippen molar-refractivity contribution in [2.24, 2.45) is 0 Å². The highest BCUT2D eigenvalue weighted by Crippen LogP contribution is 2.29. The number of hydrogen-bond acceptors (Lipinski definition) is 2. The van der Waals surface area contributed by atoms with Gasteiger partial charge < -0.3 is 9.80 Å². The Morgan fingerprint density at radius 1 is 1.05 bits per heavy atom. The Morgan fingerprint density at radius 3 is 2.50 bits per heavy atom. The van der Waals surface area contributed by atoms with Crippen molar-refractivity contribution < 1.29 is 9.59 Å². The van der Waals surface area contributed by atoms with Gasteiger partial charge in [-0.25, -0.2) is 0 Å². The molecule has 0 N–H and O–H groups in total. The van der Waals surface area contributed by atoms with Gasteiger partial charge in [0.2, 0.25) is 5.91 Å². The minimum atomic E-state index is 0.0684. The molecule has 0 aromatic heterocycles. The average molecular weight is 272 g/mol. The molecular weight excluding hydrogens is 252 g/mol. The van der Waals surface area contributed by atoms with Crippen LogP contribution in [-0.2, 0) is 11.2 Å². The molecule has 20 heavy (non-hydrogen) atoms. The smallest absolute Gasteiger partial charge is 0.253 e. The van der Waals surface area contributed by atoms with Gasteiger partial charge in [0.1, 0.15) is 0 Å². The number of likely N-dealkylation sites (tertiary alicyclic amines) is 1. The molecule has 0 unspecified atom stereocenters. The predicted octanol–water partition coefficient (Wildman–Crippen LogP) is 2.22. The maximum Gasteiger partial charge on any atom is 0.253 e. The molecular formula is C16H20N2O2. The molecule has 4 heteroatoms. The number of anilines is 1. The number of rotatable bonds is 1. The van der Waals surface area contributed by atoms with Crippen LogP contribution in [-0.4, -0.2) is 36.3 Å². The highest BCUT2D eigenvalue weighted by Gasteiger charge is 2.24. The van der Waals surface area contributed by atoms with Crippen molar-refractivity contribution in [2.45, 2.75) is 32.6 Å². The Bertz CT molecular complexity index is 547. The van der Waals surface area contributed by atoms with Crippen molar-refractivity contribution in [2.75, 3.05) is 24.5 Å². The van der Waals surface area contributed by atoms with Gasteiger partial charge in [-0.3, -0.25) is 9.59 Å². The molecule has 1 fully saturated rings. The molecule has 2 aliphatic heterocycles. The molecule has 1 saturated heterocycles. The number of amides is 2. The third-order valence-corrected chi connectivity index (χ3v) is 4.25. The van der Waals surface area contributed by atoms with Gasteiger partial charge in [0.05, 0.1) is 0 Å². The molecule has 106 valence electrons. The second-order valence-corrected chi connectivity index (χ2v) is 5.62. The van der Waals surface area contributed by atoms with Gasteiger partial charge in [-0.2, -0.15) is 0 Å². The quantitative estimate of drug-likeness (QED) is 0.786. The van der Waals surface area contributed by atoms with Gasteiger partial charge in [0, 0.05) is 37.8 Å². The van der Waals surface area contributed by atoms with Crippen LogP contribution >= 0.6 is 0 Å². The van der Waals surface area contributed by atoms with E-state index in [2.05, 4.69) is 0 Å². The topological polar surface area (TPSA) is 40.6 Å². The third kappa shape index (κ3) is 2.30. The molecule has 2 amide bonds. The van der Waals surface area contributed by atoms with Crippen molar-refractivity contribution in [1.29, 1.82) is 0 Å². The second kappa shape index (κ2) is 5.27. The minimum Gasteiger partial charge on any atom is -0.339 e. The normalized spacial score (nSPS) is 18.1. The molecule has 0 saturated carbocycles. The molecule has 0 radical (unpaired) electrons. The van der Waals surface area contributed by atoms with Crippen molar-refractivity contribution in [1.82, 2.24) is 4.90 Å². The largest absolute Gasteiger partial charge is 0.339 e. The van der Waals surface area contributed by atoms with E-state index in [-0.39, 0.29) is 11.8 Å². The van der Waals surface area contributed by atoms with Crippen LogP contribution in [0.5, 0.6) is 0 Å². The van der Waals surface area contributed by atoms with Gasteiger partial charge in [0.25, 0.3) is 5.91 Å². The summed E-state index contributed by atoms with van der Waals surface area (Å²) in [6.45, 7) is 4.05. The summed E-state index contributed by atoms with van der Waals surface area (Å²) in [6, 6.07) is 5.74. The highest BCUT2D eigenvalue weighted by molar-refractivity contribution is 5.97. The lowest BCUT2D eigenvalue weighted by molar-refractivity contribution is -0.116. The average Bonchev–Trinajstić information content (AvgIpc) is 2.90. The monoisotopic (exact) mass is 272 g/mol. The number of hydrogen-bond donors (Lipinski definition) is 0. The van der Waals surface area contributed by atoms with E-state index < -0.39 is 0 Å². The Morgan fingerprint density at radius 2 is 1.80 bits per heavy atom. The van der Waals surface area contributed by atoms with E-state index in [1.54, 1.807) is 11.8 Å². The van der Waals surface area contributed by atoms with Gasteiger partial charge in [-0.1, -0.05) is 0 Å². The zero-order valence-corrected chi connectivity index (χ0v) is 11.9. The maximum atomic E-state index is 12.5. The zero-order chi connectivity index (χ0) is 14.1. The first-order valence-corrected chi connectivity index (χ1v) is 7.37. The van der Waals surface area contributed by atoms with Crippen molar-refractivity contribution in [3.63, 3.8) is 0 Å². The van der Waals surface area contributed by atoms with E-state index in [4.69, 9.17) is 0 Å². The van der Waals surface area contributed by atoms with Crippen LogP contribution in [0.3, 0.4) is 0 Å². The summed E-state index contributed by atoms with van der Waals surface area (Å²) in [6.07, 6.45) is 4.28. The van der Waals surface area contributed by atoms with E-state index >= 15 is 0 Å². The molecule has 0 atom stereocenters. The summed E-state index contributed by atoms with van der Waals surface area (Å²) in [5, 5.41) is 0. The fourth-order valence-corrected chi connectivity index (χ4v) is 3.14. The lowest BCUT2D eigenvalue weighted by Gasteiger charge is -2.27. The predicted molar refractivity (Wildman–Crippen MR) is 77.9 cm³/mol. The molecule has 1 aromatic rings. The summed E-state index contributed by atoms with van der Waals surface area (Å²) in [4.78, 5) is 27.7. The first-order valence-electron chi connectivity index (χ1n) is 7.37. The van der Waals surface area contributed by atoms with Crippen LogP contribution < -0.4 is 4.90 Å². The maximum absolute atomic E-state index is 12.5. The first-order chi connectivity index (χ1) is 9.66. The summed E-state index contributed by atoms with van der Waals surface area (Å²) < 4.78 is 0. The number of carbonyl (C=O) groups excluding carboxylic acids is 2. The van der Waals surface area contributed by atoms with Crippen LogP contribution in [0.2, 0.25) is 0 Å². The molecule has 2 heterocycles. The van der Waals surface area contributed by atoms with Crippen LogP contribution in [0.15, 0.2) is 18.2 Å². The second-order valence-electron chi connectivity index (χ2n) is 5.62. The minimum absolute atomic E-state index is 0.0684. The molecule has 0 bridgehead atoms. The van der Waals surface area contributed by atoms with Crippen molar-refractivity contribution in [3.8, 4) is 0 Å². The van der Waals surface area contributed by atoms with Crippen LogP contribution in [0, 0.1) is 0 Å². The summed E-state index contributed by atoms with van der Waals surface area (Å²) >= 11 is 0. The Labute approximate surface area is 119 Å². The van der Waals surface area contributed by atoms with E-state index in [0.29, 0.717) is 0 Å². The zero-order valence-electron chi connectivity index (χ0n) is 11.9. The number of piperidine rings is 1. The number of benzene rings is 1. The standard InChI is InChI=1S/C16H20N2O2/c1-12(19)18-10-7-13-11-14(5-6-15(13)18)16(20)17-8-3-2-4-9-17/h5-6,11H,2-4,7-10H2,1H3. The fourth-order valence-electron chi connectivity index (χ4n) is 3.14. The molecule has 2 aliphatic rings. The number of fused-ring (bicyclic) bond motifs is 1.